The molecule has 0 aliphatic rings. The van der Waals surface area contributed by atoms with Gasteiger partial charge in [0.2, 0.25) is 0 Å². The average Bonchev–Trinajstić information content (AvgIpc) is 2.40. The normalized spacial score (nSPS) is 12.2. The lowest BCUT2D eigenvalue weighted by atomic mass is 9.99. The molecule has 0 heterocycles. The first-order chi connectivity index (χ1) is 8.36. The topological polar surface area (TPSA) is 12.0 Å². The summed E-state index contributed by atoms with van der Waals surface area (Å²) in [6, 6.07) is 14.9. The molecule has 0 saturated carbocycles. The Labute approximate surface area is 102 Å². The van der Waals surface area contributed by atoms with Gasteiger partial charge in [-0.1, -0.05) is 54.6 Å². The molecule has 2 aromatic carbocycles. The molecule has 1 heteroatoms. The second-order valence-electron chi connectivity index (χ2n) is 3.98. The van der Waals surface area contributed by atoms with Crippen molar-refractivity contribution in [3.8, 4) is 0 Å². The average molecular weight is 223 g/mol. The predicted octanol–water partition coefficient (Wildman–Crippen LogP) is 3.84. The fraction of sp³-hybridized carbons (Fsp3) is 0.125. The van der Waals surface area contributed by atoms with Gasteiger partial charge in [0, 0.05) is 6.54 Å². The standard InChI is InChI=1S/C16H17N/c1-3-12-17-16(4-2)15-11-7-9-13-8-5-6-10-14(13)15/h3-11,16-17H,1-2,12H2. The van der Waals surface area contributed by atoms with E-state index in [1.54, 1.807) is 0 Å². The van der Waals surface area contributed by atoms with Gasteiger partial charge in [-0.3, -0.25) is 0 Å². The highest BCUT2D eigenvalue weighted by atomic mass is 14.9. The monoisotopic (exact) mass is 223 g/mol. The first-order valence-electron chi connectivity index (χ1n) is 5.81. The predicted molar refractivity (Wildman–Crippen MR) is 75.1 cm³/mol. The van der Waals surface area contributed by atoms with E-state index >= 15 is 0 Å². The number of fused-ring (bicyclic) bond motifs is 1. The van der Waals surface area contributed by atoms with E-state index in [1.165, 1.54) is 16.3 Å². The lowest BCUT2D eigenvalue weighted by molar-refractivity contribution is 0.678. The van der Waals surface area contributed by atoms with Crippen LogP contribution in [0.4, 0.5) is 0 Å². The molecule has 0 aliphatic heterocycles. The van der Waals surface area contributed by atoms with E-state index in [9.17, 15) is 0 Å². The van der Waals surface area contributed by atoms with Gasteiger partial charge in [0.25, 0.3) is 0 Å². The van der Waals surface area contributed by atoms with Crippen LogP contribution in [-0.4, -0.2) is 6.54 Å². The van der Waals surface area contributed by atoms with Gasteiger partial charge in [-0.05, 0) is 16.3 Å². The number of benzene rings is 2. The fourth-order valence-electron chi connectivity index (χ4n) is 2.05. The van der Waals surface area contributed by atoms with Crippen LogP contribution in [0.25, 0.3) is 10.8 Å². The molecule has 1 N–H and O–H groups in total. The van der Waals surface area contributed by atoms with Gasteiger partial charge in [0.05, 0.1) is 6.04 Å². The van der Waals surface area contributed by atoms with Crippen molar-refractivity contribution in [2.75, 3.05) is 6.54 Å². The molecular formula is C16H17N. The van der Waals surface area contributed by atoms with E-state index in [0.717, 1.165) is 6.54 Å². The van der Waals surface area contributed by atoms with E-state index in [-0.39, 0.29) is 6.04 Å². The zero-order chi connectivity index (χ0) is 12.1. The maximum absolute atomic E-state index is 3.90. The minimum absolute atomic E-state index is 0.166. The molecule has 0 radical (unpaired) electrons. The van der Waals surface area contributed by atoms with Crippen LogP contribution in [0.3, 0.4) is 0 Å². The summed E-state index contributed by atoms with van der Waals surface area (Å²) in [6.07, 6.45) is 3.80. The SMILES string of the molecule is C=CCNC(C=C)c1cccc2ccccc12. The Bertz CT molecular complexity index is 523. The fourth-order valence-corrected chi connectivity index (χ4v) is 2.05. The molecular weight excluding hydrogens is 206 g/mol. The van der Waals surface area contributed by atoms with Crippen molar-refractivity contribution in [1.82, 2.24) is 5.32 Å². The van der Waals surface area contributed by atoms with Gasteiger partial charge in [0.15, 0.2) is 0 Å². The third kappa shape index (κ3) is 2.45. The van der Waals surface area contributed by atoms with Crippen LogP contribution in [0.15, 0.2) is 67.8 Å². The minimum atomic E-state index is 0.166. The maximum atomic E-state index is 3.90. The van der Waals surface area contributed by atoms with Crippen LogP contribution in [0.1, 0.15) is 11.6 Å². The summed E-state index contributed by atoms with van der Waals surface area (Å²) >= 11 is 0. The molecule has 17 heavy (non-hydrogen) atoms. The summed E-state index contributed by atoms with van der Waals surface area (Å²) in [5, 5.41) is 5.93. The van der Waals surface area contributed by atoms with Crippen molar-refractivity contribution in [1.29, 1.82) is 0 Å². The molecule has 2 aromatic rings. The van der Waals surface area contributed by atoms with Gasteiger partial charge in [-0.15, -0.1) is 13.2 Å². The second kappa shape index (κ2) is 5.46. The summed E-state index contributed by atoms with van der Waals surface area (Å²) in [7, 11) is 0. The zero-order valence-corrected chi connectivity index (χ0v) is 9.89. The molecule has 86 valence electrons. The van der Waals surface area contributed by atoms with E-state index in [4.69, 9.17) is 0 Å². The van der Waals surface area contributed by atoms with E-state index in [2.05, 4.69) is 60.9 Å². The van der Waals surface area contributed by atoms with Gasteiger partial charge in [-0.2, -0.15) is 0 Å². The van der Waals surface area contributed by atoms with Crippen molar-refractivity contribution < 1.29 is 0 Å². The summed E-state index contributed by atoms with van der Waals surface area (Å²) in [5.41, 5.74) is 1.26. The lowest BCUT2D eigenvalue weighted by Gasteiger charge is -2.16. The largest absolute Gasteiger partial charge is 0.303 e. The van der Waals surface area contributed by atoms with Crippen molar-refractivity contribution in [2.45, 2.75) is 6.04 Å². The second-order valence-corrected chi connectivity index (χ2v) is 3.98. The van der Waals surface area contributed by atoms with Gasteiger partial charge in [0.1, 0.15) is 0 Å². The summed E-state index contributed by atoms with van der Waals surface area (Å²) in [4.78, 5) is 0. The molecule has 0 aromatic heterocycles. The molecule has 2 rings (SSSR count). The highest BCUT2D eigenvalue weighted by Crippen LogP contribution is 2.24. The van der Waals surface area contributed by atoms with Crippen molar-refractivity contribution in [3.63, 3.8) is 0 Å². The zero-order valence-electron chi connectivity index (χ0n) is 9.89. The quantitative estimate of drug-likeness (QED) is 0.759. The Morgan fingerprint density at radius 1 is 1.06 bits per heavy atom. The van der Waals surface area contributed by atoms with Crippen molar-refractivity contribution in [3.05, 3.63) is 73.3 Å². The Kier molecular flexibility index (Phi) is 3.73. The summed E-state index contributed by atoms with van der Waals surface area (Å²) < 4.78 is 0. The summed E-state index contributed by atoms with van der Waals surface area (Å²) in [6.45, 7) is 8.40. The summed E-state index contributed by atoms with van der Waals surface area (Å²) in [5.74, 6) is 0. The number of hydrogen-bond acceptors (Lipinski definition) is 1. The van der Waals surface area contributed by atoms with E-state index in [1.807, 2.05) is 12.2 Å². The van der Waals surface area contributed by atoms with Crippen molar-refractivity contribution in [2.24, 2.45) is 0 Å². The van der Waals surface area contributed by atoms with E-state index in [0.29, 0.717) is 0 Å². The molecule has 0 amide bonds. The van der Waals surface area contributed by atoms with Crippen LogP contribution >= 0.6 is 0 Å². The van der Waals surface area contributed by atoms with Crippen molar-refractivity contribution >= 4 is 10.8 Å². The first-order valence-corrected chi connectivity index (χ1v) is 5.81. The van der Waals surface area contributed by atoms with E-state index < -0.39 is 0 Å². The minimum Gasteiger partial charge on any atom is -0.303 e. The molecule has 0 aliphatic carbocycles. The van der Waals surface area contributed by atoms with Crippen LogP contribution in [-0.2, 0) is 0 Å². The molecule has 1 nitrogen and oxygen atoms in total. The Balaban J connectivity index is 2.45. The van der Waals surface area contributed by atoms with Crippen LogP contribution < -0.4 is 5.32 Å². The van der Waals surface area contributed by atoms with Crippen LogP contribution in [0, 0.1) is 0 Å². The number of hydrogen-bond donors (Lipinski definition) is 1. The number of rotatable bonds is 5. The highest BCUT2D eigenvalue weighted by Gasteiger charge is 2.08. The Morgan fingerprint density at radius 3 is 2.59 bits per heavy atom. The van der Waals surface area contributed by atoms with Gasteiger partial charge >= 0.3 is 0 Å². The third-order valence-corrected chi connectivity index (χ3v) is 2.88. The van der Waals surface area contributed by atoms with Gasteiger partial charge in [-0.25, -0.2) is 0 Å². The Hall–Kier alpha value is -1.86. The molecule has 1 unspecified atom stereocenters. The Morgan fingerprint density at radius 2 is 1.82 bits per heavy atom. The first kappa shape index (κ1) is 11.6. The molecule has 0 bridgehead atoms. The maximum Gasteiger partial charge on any atom is 0.0512 e. The molecule has 1 atom stereocenters. The lowest BCUT2D eigenvalue weighted by Crippen LogP contribution is -2.19. The van der Waals surface area contributed by atoms with Crippen LogP contribution in [0.2, 0.25) is 0 Å². The third-order valence-electron chi connectivity index (χ3n) is 2.88. The van der Waals surface area contributed by atoms with Gasteiger partial charge < -0.3 is 5.32 Å². The molecule has 0 spiro atoms. The molecule has 0 saturated heterocycles. The number of nitrogens with one attached hydrogen (secondary N) is 1. The highest BCUT2D eigenvalue weighted by molar-refractivity contribution is 5.86. The molecule has 0 fully saturated rings. The van der Waals surface area contributed by atoms with Crippen LogP contribution in [0.5, 0.6) is 0 Å². The smallest absolute Gasteiger partial charge is 0.0512 e.